The van der Waals surface area contributed by atoms with E-state index in [1.807, 2.05) is 6.92 Å². The highest BCUT2D eigenvalue weighted by atomic mass is 35.5. The molecule has 0 saturated carbocycles. The Balaban J connectivity index is 3.95. The van der Waals surface area contributed by atoms with E-state index >= 15 is 0 Å². The molecule has 0 fully saturated rings. The van der Waals surface area contributed by atoms with E-state index < -0.39 is 5.97 Å². The molecule has 0 aliphatic heterocycles. The fourth-order valence-electron chi connectivity index (χ4n) is 0.335. The topological polar surface area (TPSA) is 26.3 Å². The van der Waals surface area contributed by atoms with Crippen LogP contribution in [-0.2, 0) is 9.53 Å². The molecule has 0 saturated heterocycles. The largest absolute Gasteiger partial charge is 0.461 e. The average Bonchev–Trinajstić information content (AvgIpc) is 1.98. The summed E-state index contributed by atoms with van der Waals surface area (Å²) >= 11 is 15.8. The van der Waals surface area contributed by atoms with Gasteiger partial charge in [0.15, 0.2) is 5.03 Å². The third kappa shape index (κ3) is 4.51. The zero-order valence-corrected chi connectivity index (χ0v) is 8.13. The number of ether oxygens (including phenoxy) is 1. The van der Waals surface area contributed by atoms with Crippen LogP contribution in [0.15, 0.2) is 9.52 Å². The summed E-state index contributed by atoms with van der Waals surface area (Å²) in [5.41, 5.74) is 0. The SMILES string of the molecule is CCCOC(=O)C(Cl)=C(Cl)Cl. The lowest BCUT2D eigenvalue weighted by atomic mass is 10.5. The number of halogens is 3. The Labute approximate surface area is 80.1 Å². The van der Waals surface area contributed by atoms with Gasteiger partial charge in [-0.3, -0.25) is 0 Å². The van der Waals surface area contributed by atoms with Crippen LogP contribution in [0.2, 0.25) is 0 Å². The molecule has 0 spiro atoms. The van der Waals surface area contributed by atoms with Crippen molar-refractivity contribution in [2.75, 3.05) is 6.61 Å². The van der Waals surface area contributed by atoms with Gasteiger partial charge in [0.1, 0.15) is 4.49 Å². The first-order valence-corrected chi connectivity index (χ1v) is 4.10. The predicted octanol–water partition coefficient (Wildman–Crippen LogP) is 2.83. The van der Waals surface area contributed by atoms with E-state index in [0.29, 0.717) is 6.61 Å². The summed E-state index contributed by atoms with van der Waals surface area (Å²) in [6.07, 6.45) is 0.732. The van der Waals surface area contributed by atoms with Gasteiger partial charge in [0.2, 0.25) is 0 Å². The fraction of sp³-hybridized carbons (Fsp3) is 0.500. The van der Waals surface area contributed by atoms with Crippen molar-refractivity contribution in [2.45, 2.75) is 13.3 Å². The van der Waals surface area contributed by atoms with E-state index in [1.165, 1.54) is 0 Å². The molecule has 0 heterocycles. The van der Waals surface area contributed by atoms with Gasteiger partial charge in [-0.15, -0.1) is 0 Å². The first-order chi connectivity index (χ1) is 5.09. The Hall–Kier alpha value is 0.0800. The van der Waals surface area contributed by atoms with Crippen LogP contribution in [0.3, 0.4) is 0 Å². The third-order valence-corrected chi connectivity index (χ3v) is 1.70. The maximum atomic E-state index is 10.8. The van der Waals surface area contributed by atoms with Crippen LogP contribution in [0.4, 0.5) is 0 Å². The maximum Gasteiger partial charge on any atom is 0.352 e. The fourth-order valence-corrected chi connectivity index (χ4v) is 0.544. The van der Waals surface area contributed by atoms with Gasteiger partial charge >= 0.3 is 5.97 Å². The molecule has 0 amide bonds. The summed E-state index contributed by atoms with van der Waals surface area (Å²) in [6, 6.07) is 0. The third-order valence-electron chi connectivity index (χ3n) is 0.782. The van der Waals surface area contributed by atoms with Crippen LogP contribution in [0.1, 0.15) is 13.3 Å². The monoisotopic (exact) mass is 216 g/mol. The van der Waals surface area contributed by atoms with Crippen LogP contribution in [0.5, 0.6) is 0 Å². The number of hydrogen-bond donors (Lipinski definition) is 0. The highest BCUT2D eigenvalue weighted by molar-refractivity contribution is 6.62. The second kappa shape index (κ2) is 5.70. The molecule has 0 radical (unpaired) electrons. The van der Waals surface area contributed by atoms with E-state index in [2.05, 4.69) is 4.74 Å². The lowest BCUT2D eigenvalue weighted by Crippen LogP contribution is -2.05. The van der Waals surface area contributed by atoms with Gasteiger partial charge < -0.3 is 4.74 Å². The molecule has 0 atom stereocenters. The predicted molar refractivity (Wildman–Crippen MR) is 45.8 cm³/mol. The van der Waals surface area contributed by atoms with Gasteiger partial charge in [0.05, 0.1) is 6.61 Å². The van der Waals surface area contributed by atoms with Crippen molar-refractivity contribution in [1.82, 2.24) is 0 Å². The molecule has 64 valence electrons. The number of hydrogen-bond acceptors (Lipinski definition) is 2. The van der Waals surface area contributed by atoms with Crippen molar-refractivity contribution in [3.05, 3.63) is 9.52 Å². The smallest absolute Gasteiger partial charge is 0.352 e. The molecule has 11 heavy (non-hydrogen) atoms. The van der Waals surface area contributed by atoms with Crippen LogP contribution >= 0.6 is 34.8 Å². The van der Waals surface area contributed by atoms with Crippen molar-refractivity contribution in [3.8, 4) is 0 Å². The minimum absolute atomic E-state index is 0.271. The van der Waals surface area contributed by atoms with E-state index in [4.69, 9.17) is 34.8 Å². The van der Waals surface area contributed by atoms with Gasteiger partial charge in [0, 0.05) is 0 Å². The molecule has 0 aromatic rings. The number of rotatable bonds is 3. The molecule has 0 N–H and O–H groups in total. The molecule has 0 aliphatic carbocycles. The van der Waals surface area contributed by atoms with E-state index in [9.17, 15) is 4.79 Å². The van der Waals surface area contributed by atoms with Crippen molar-refractivity contribution in [3.63, 3.8) is 0 Å². The van der Waals surface area contributed by atoms with Gasteiger partial charge in [-0.1, -0.05) is 41.7 Å². The zero-order chi connectivity index (χ0) is 8.85. The summed E-state index contributed by atoms with van der Waals surface area (Å²) in [4.78, 5) is 10.8. The molecular weight excluding hydrogens is 210 g/mol. The normalized spacial score (nSPS) is 9.09. The average molecular weight is 217 g/mol. The summed E-state index contributed by atoms with van der Waals surface area (Å²) in [6.45, 7) is 2.18. The molecule has 0 bridgehead atoms. The van der Waals surface area contributed by atoms with Crippen LogP contribution in [0.25, 0.3) is 0 Å². The lowest BCUT2D eigenvalue weighted by Gasteiger charge is -2.00. The minimum atomic E-state index is -0.687. The standard InChI is InChI=1S/C6H7Cl3O2/c1-2-3-11-6(10)4(7)5(8)9/h2-3H2,1H3. The highest BCUT2D eigenvalue weighted by Gasteiger charge is 2.10. The van der Waals surface area contributed by atoms with E-state index in [1.54, 1.807) is 0 Å². The van der Waals surface area contributed by atoms with Crippen LogP contribution < -0.4 is 0 Å². The Morgan fingerprint density at radius 1 is 1.36 bits per heavy atom. The van der Waals surface area contributed by atoms with Crippen molar-refractivity contribution >= 4 is 40.8 Å². The minimum Gasteiger partial charge on any atom is -0.461 e. The van der Waals surface area contributed by atoms with Gasteiger partial charge in [-0.25, -0.2) is 4.79 Å². The molecule has 5 heteroatoms. The summed E-state index contributed by atoms with van der Waals surface area (Å²) in [5.74, 6) is -0.687. The Kier molecular flexibility index (Phi) is 5.74. The molecule has 0 rings (SSSR count). The second-order valence-electron chi connectivity index (χ2n) is 1.71. The summed E-state index contributed by atoms with van der Waals surface area (Å²) < 4.78 is 4.35. The molecule has 2 nitrogen and oxygen atoms in total. The highest BCUT2D eigenvalue weighted by Crippen LogP contribution is 2.18. The molecule has 0 unspecified atom stereocenters. The number of carbonyl (C=O) groups excluding carboxylic acids is 1. The molecule has 0 aromatic heterocycles. The Morgan fingerprint density at radius 3 is 2.27 bits per heavy atom. The Bertz CT molecular complexity index is 173. The van der Waals surface area contributed by atoms with Crippen LogP contribution in [-0.4, -0.2) is 12.6 Å². The van der Waals surface area contributed by atoms with E-state index in [-0.39, 0.29) is 9.52 Å². The quantitative estimate of drug-likeness (QED) is 0.537. The van der Waals surface area contributed by atoms with Crippen molar-refractivity contribution in [1.29, 1.82) is 0 Å². The number of carbonyl (C=O) groups is 1. The van der Waals surface area contributed by atoms with Crippen LogP contribution in [0, 0.1) is 0 Å². The van der Waals surface area contributed by atoms with Crippen molar-refractivity contribution in [2.24, 2.45) is 0 Å². The first kappa shape index (κ1) is 11.1. The van der Waals surface area contributed by atoms with Gasteiger partial charge in [-0.2, -0.15) is 0 Å². The van der Waals surface area contributed by atoms with Crippen molar-refractivity contribution < 1.29 is 9.53 Å². The summed E-state index contributed by atoms with van der Waals surface area (Å²) in [7, 11) is 0. The summed E-state index contributed by atoms with van der Waals surface area (Å²) in [5, 5.41) is -0.276. The molecule has 0 aromatic carbocycles. The molecule has 0 aliphatic rings. The number of esters is 1. The maximum absolute atomic E-state index is 10.8. The zero-order valence-electron chi connectivity index (χ0n) is 5.86. The van der Waals surface area contributed by atoms with Gasteiger partial charge in [-0.05, 0) is 6.42 Å². The molecular formula is C6H7Cl3O2. The van der Waals surface area contributed by atoms with E-state index in [0.717, 1.165) is 6.42 Å². The second-order valence-corrected chi connectivity index (χ2v) is 3.04. The first-order valence-electron chi connectivity index (χ1n) is 2.97. The lowest BCUT2D eigenvalue weighted by molar-refractivity contribution is -0.138. The Morgan fingerprint density at radius 2 is 1.91 bits per heavy atom. The van der Waals surface area contributed by atoms with Gasteiger partial charge in [0.25, 0.3) is 0 Å².